The average molecular weight is 423 g/mol. The monoisotopic (exact) mass is 422 g/mol. The highest BCUT2D eigenvalue weighted by Gasteiger charge is 2.75. The molecular weight excluding hydrogens is 411 g/mol. The second-order valence-corrected chi connectivity index (χ2v) is 6.22. The van der Waals surface area contributed by atoms with E-state index >= 15 is 0 Å². The van der Waals surface area contributed by atoms with Gasteiger partial charge in [0.2, 0.25) is 0 Å². The summed E-state index contributed by atoms with van der Waals surface area (Å²) in [6.07, 6.45) is -12.2. The highest BCUT2D eigenvalue weighted by Crippen LogP contribution is 2.54. The number of ether oxygens (including phenoxy) is 1. The number of aromatic nitrogens is 1. The topological polar surface area (TPSA) is 22.1 Å². The van der Waals surface area contributed by atoms with Crippen LogP contribution in [0.1, 0.15) is 29.7 Å². The zero-order chi connectivity index (χ0) is 18.3. The van der Waals surface area contributed by atoms with Crippen molar-refractivity contribution in [3.63, 3.8) is 0 Å². The summed E-state index contributed by atoms with van der Waals surface area (Å²) in [6.45, 7) is 1.61. The fourth-order valence-corrected chi connectivity index (χ4v) is 3.07. The minimum atomic E-state index is -6.21. The van der Waals surface area contributed by atoms with Crippen LogP contribution in [-0.2, 0) is 16.8 Å². The van der Waals surface area contributed by atoms with Crippen molar-refractivity contribution in [1.29, 1.82) is 0 Å². The van der Waals surface area contributed by atoms with Gasteiger partial charge in [-0.2, -0.15) is 26.3 Å². The van der Waals surface area contributed by atoms with Gasteiger partial charge in [0.15, 0.2) is 0 Å². The number of pyridine rings is 1. The van der Waals surface area contributed by atoms with Gasteiger partial charge in [-0.05, 0) is 46.8 Å². The lowest BCUT2D eigenvalue weighted by Crippen LogP contribution is -2.51. The average Bonchev–Trinajstić information content (AvgIpc) is 2.91. The van der Waals surface area contributed by atoms with Crippen molar-refractivity contribution in [3.8, 4) is 0 Å². The largest absolute Gasteiger partial charge is 0.437 e. The van der Waals surface area contributed by atoms with Gasteiger partial charge in [-0.1, -0.05) is 0 Å². The number of hydrogen-bond acceptors (Lipinski definition) is 2. The van der Waals surface area contributed by atoms with Gasteiger partial charge in [-0.15, -0.1) is 0 Å². The molecule has 1 atom stereocenters. The van der Waals surface area contributed by atoms with Crippen LogP contribution >= 0.6 is 15.9 Å². The third-order valence-electron chi connectivity index (χ3n) is 3.80. The fraction of sp³-hybridized carbons (Fsp3) is 0.643. The first-order valence-corrected chi connectivity index (χ1v) is 7.70. The highest BCUT2D eigenvalue weighted by molar-refractivity contribution is 9.10. The molecule has 0 saturated carbocycles. The Morgan fingerprint density at radius 2 is 1.75 bits per heavy atom. The van der Waals surface area contributed by atoms with Crippen LogP contribution in [0.2, 0.25) is 0 Å². The predicted octanol–water partition coefficient (Wildman–Crippen LogP) is 4.96. The maximum atomic E-state index is 14.4. The Balaban J connectivity index is 2.65. The molecule has 1 aromatic rings. The number of halogens is 8. The van der Waals surface area contributed by atoms with E-state index in [1.807, 2.05) is 0 Å². The molecule has 135 valence electrons. The third kappa shape index (κ3) is 3.40. The Morgan fingerprint density at radius 3 is 2.21 bits per heavy atom. The molecular formula is C14H12BrF7NO. The van der Waals surface area contributed by atoms with E-state index < -0.39 is 40.0 Å². The van der Waals surface area contributed by atoms with Crippen molar-refractivity contribution in [3.05, 3.63) is 27.5 Å². The van der Waals surface area contributed by atoms with Crippen molar-refractivity contribution in [2.75, 3.05) is 6.61 Å². The molecule has 1 aliphatic heterocycles. The van der Waals surface area contributed by atoms with Crippen molar-refractivity contribution in [2.45, 2.75) is 50.3 Å². The summed E-state index contributed by atoms with van der Waals surface area (Å²) in [5.74, 6) is 0. The molecule has 10 heteroatoms. The van der Waals surface area contributed by atoms with Crippen LogP contribution in [0, 0.1) is 13.0 Å². The number of hydrogen-bond donors (Lipinski definition) is 0. The van der Waals surface area contributed by atoms with Gasteiger partial charge in [0, 0.05) is 19.1 Å². The molecule has 1 saturated heterocycles. The van der Waals surface area contributed by atoms with Gasteiger partial charge >= 0.3 is 18.0 Å². The molecule has 2 nitrogen and oxygen atoms in total. The molecule has 2 rings (SSSR count). The standard InChI is InChI=1S/C14H12BrF7NO/c1-7-5-10(15)23-11(9(7)6-8-3-2-4-24-8)12(16,13(17,18)19)14(20,21)22/h8H,2-4,6H2,1H3. The maximum absolute atomic E-state index is 14.4. The molecule has 0 spiro atoms. The number of alkyl halides is 7. The number of nitrogens with zero attached hydrogens (tertiary/aromatic N) is 1. The smallest absolute Gasteiger partial charge is 0.378 e. The quantitative estimate of drug-likeness (QED) is 0.507. The van der Waals surface area contributed by atoms with Crippen LogP contribution in [0.4, 0.5) is 30.7 Å². The van der Waals surface area contributed by atoms with E-state index in [2.05, 4.69) is 27.0 Å². The molecule has 1 aromatic heterocycles. The van der Waals surface area contributed by atoms with Crippen molar-refractivity contribution in [2.24, 2.45) is 0 Å². The predicted molar refractivity (Wildman–Crippen MR) is 73.1 cm³/mol. The van der Waals surface area contributed by atoms with Gasteiger partial charge in [-0.3, -0.25) is 0 Å². The van der Waals surface area contributed by atoms with E-state index in [-0.39, 0.29) is 12.0 Å². The minimum absolute atomic E-state index is 0.0436. The molecule has 0 aliphatic carbocycles. The summed E-state index contributed by atoms with van der Waals surface area (Å²) in [6, 6.07) is 2.48. The maximum Gasteiger partial charge on any atom is 0.437 e. The molecule has 0 amide bonds. The van der Waals surface area contributed by atoms with Crippen LogP contribution in [0.3, 0.4) is 0 Å². The van der Waals surface area contributed by atoms with Crippen LogP contribution < -0.4 is 0 Å². The van der Waals surface area contributed by atoms with Crippen LogP contribution in [-0.4, -0.2) is 30.0 Å². The van der Waals surface area contributed by atoms with E-state index in [4.69, 9.17) is 4.74 Å². The molecule has 24 heavy (non-hydrogen) atoms. The summed E-state index contributed by atoms with van der Waals surface area (Å²) < 4.78 is 97.6. The minimum Gasteiger partial charge on any atom is -0.378 e. The summed E-state index contributed by atoms with van der Waals surface area (Å²) in [4.78, 5) is 3.17. The lowest BCUT2D eigenvalue weighted by Gasteiger charge is -2.31. The first-order chi connectivity index (χ1) is 10.9. The first-order valence-electron chi connectivity index (χ1n) is 6.90. The SMILES string of the molecule is Cc1[c]c(Br)nc(C(F)(C(F)(F)F)C(F)(F)F)c1CC1CCCO1. The Morgan fingerprint density at radius 1 is 1.17 bits per heavy atom. The number of rotatable bonds is 3. The molecule has 0 aromatic carbocycles. The van der Waals surface area contributed by atoms with Gasteiger partial charge < -0.3 is 4.74 Å². The molecule has 1 aliphatic rings. The molecule has 0 N–H and O–H groups in total. The molecule has 1 unspecified atom stereocenters. The molecule has 1 radical (unpaired) electrons. The lowest BCUT2D eigenvalue weighted by molar-refractivity contribution is -0.350. The van der Waals surface area contributed by atoms with Gasteiger partial charge in [0.25, 0.3) is 0 Å². The zero-order valence-corrected chi connectivity index (χ0v) is 13.9. The molecule has 2 heterocycles. The lowest BCUT2D eigenvalue weighted by atomic mass is 9.90. The van der Waals surface area contributed by atoms with E-state index in [0.29, 0.717) is 19.4 Å². The number of aryl methyl sites for hydroxylation is 1. The Bertz CT molecular complexity index is 594. The molecule has 0 bridgehead atoms. The summed E-state index contributed by atoms with van der Waals surface area (Å²) in [5.41, 5.74) is -7.81. The summed E-state index contributed by atoms with van der Waals surface area (Å²) >= 11 is 2.69. The van der Waals surface area contributed by atoms with Gasteiger partial charge in [0.1, 0.15) is 10.3 Å². The van der Waals surface area contributed by atoms with Gasteiger partial charge in [0.05, 0.1) is 6.10 Å². The normalized spacial score (nSPS) is 19.8. The summed E-state index contributed by atoms with van der Waals surface area (Å²) in [5, 5.41) is 0. The van der Waals surface area contributed by atoms with Crippen molar-refractivity contribution in [1.82, 2.24) is 4.98 Å². The van der Waals surface area contributed by atoms with E-state index in [1.54, 1.807) is 0 Å². The van der Waals surface area contributed by atoms with E-state index in [9.17, 15) is 30.7 Å². The second-order valence-electron chi connectivity index (χ2n) is 5.47. The highest BCUT2D eigenvalue weighted by atomic mass is 79.9. The van der Waals surface area contributed by atoms with Crippen LogP contribution in [0.15, 0.2) is 4.60 Å². The Kier molecular flexibility index (Phi) is 5.21. The van der Waals surface area contributed by atoms with Crippen molar-refractivity contribution >= 4 is 15.9 Å². The first kappa shape index (κ1) is 19.4. The van der Waals surface area contributed by atoms with Gasteiger partial charge in [-0.25, -0.2) is 9.37 Å². The van der Waals surface area contributed by atoms with Crippen molar-refractivity contribution < 1.29 is 35.5 Å². The van der Waals surface area contributed by atoms with E-state index in [1.165, 1.54) is 6.92 Å². The van der Waals surface area contributed by atoms with Crippen LogP contribution in [0.5, 0.6) is 0 Å². The third-order valence-corrected chi connectivity index (χ3v) is 4.18. The van der Waals surface area contributed by atoms with E-state index in [0.717, 1.165) is 0 Å². The second kappa shape index (κ2) is 6.44. The molecule has 1 fully saturated rings. The fourth-order valence-electron chi connectivity index (χ4n) is 2.60. The zero-order valence-electron chi connectivity index (χ0n) is 12.3. The van der Waals surface area contributed by atoms with Crippen LogP contribution in [0.25, 0.3) is 0 Å². The summed E-state index contributed by atoms with van der Waals surface area (Å²) in [7, 11) is 0. The Labute approximate surface area is 141 Å². The Hall–Kier alpha value is -0.900.